The van der Waals surface area contributed by atoms with Crippen molar-refractivity contribution in [2.45, 2.75) is 12.8 Å². The van der Waals surface area contributed by atoms with E-state index in [1.165, 1.54) is 18.3 Å². The Morgan fingerprint density at radius 2 is 2.10 bits per heavy atom. The summed E-state index contributed by atoms with van der Waals surface area (Å²) in [6.45, 7) is 2.12. The maximum atomic E-state index is 11.9. The monoisotopic (exact) mass is 279 g/mol. The van der Waals surface area contributed by atoms with E-state index in [0.29, 0.717) is 18.0 Å². The van der Waals surface area contributed by atoms with Gasteiger partial charge in [-0.05, 0) is 30.9 Å². The van der Waals surface area contributed by atoms with Crippen LogP contribution >= 0.6 is 0 Å². The second kappa shape index (κ2) is 6.85. The van der Waals surface area contributed by atoms with E-state index < -0.39 is 6.09 Å². The Labute approximate surface area is 116 Å². The van der Waals surface area contributed by atoms with Crippen LogP contribution < -0.4 is 10.6 Å². The Bertz CT molecular complexity index is 469. The molecule has 20 heavy (non-hydrogen) atoms. The van der Waals surface area contributed by atoms with Gasteiger partial charge < -0.3 is 15.2 Å². The van der Waals surface area contributed by atoms with Crippen LogP contribution in [0.1, 0.15) is 23.2 Å². The van der Waals surface area contributed by atoms with Gasteiger partial charge in [0.1, 0.15) is 5.82 Å². The number of ether oxygens (including phenoxy) is 1. The summed E-state index contributed by atoms with van der Waals surface area (Å²) >= 11 is 0. The number of carboxylic acid groups (broad SMARTS) is 1. The number of amides is 2. The predicted molar refractivity (Wildman–Crippen MR) is 71.8 cm³/mol. The van der Waals surface area contributed by atoms with Crippen molar-refractivity contribution in [1.82, 2.24) is 10.3 Å². The van der Waals surface area contributed by atoms with Crippen molar-refractivity contribution < 1.29 is 19.4 Å². The first-order valence-electron chi connectivity index (χ1n) is 6.47. The van der Waals surface area contributed by atoms with Crippen molar-refractivity contribution in [2.75, 3.05) is 25.1 Å². The molecule has 0 unspecified atom stereocenters. The summed E-state index contributed by atoms with van der Waals surface area (Å²) in [6, 6.07) is 3.00. The molecule has 2 amide bonds. The van der Waals surface area contributed by atoms with E-state index in [1.54, 1.807) is 0 Å². The Kier molecular flexibility index (Phi) is 4.89. The van der Waals surface area contributed by atoms with Crippen molar-refractivity contribution in [1.29, 1.82) is 0 Å². The molecule has 1 aromatic rings. The molecule has 0 bridgehead atoms. The minimum atomic E-state index is -1.19. The number of nitrogens with zero attached hydrogens (tertiary/aromatic N) is 1. The summed E-state index contributed by atoms with van der Waals surface area (Å²) in [6.07, 6.45) is 2.08. The average molecular weight is 279 g/mol. The highest BCUT2D eigenvalue weighted by atomic mass is 16.5. The highest BCUT2D eigenvalue weighted by Crippen LogP contribution is 2.13. The first-order chi connectivity index (χ1) is 9.65. The van der Waals surface area contributed by atoms with Crippen LogP contribution in [-0.4, -0.2) is 41.8 Å². The lowest BCUT2D eigenvalue weighted by Crippen LogP contribution is -2.32. The van der Waals surface area contributed by atoms with Crippen molar-refractivity contribution in [3.05, 3.63) is 23.9 Å². The van der Waals surface area contributed by atoms with Gasteiger partial charge >= 0.3 is 6.09 Å². The molecule has 1 aromatic heterocycles. The van der Waals surface area contributed by atoms with Crippen molar-refractivity contribution in [2.24, 2.45) is 5.92 Å². The van der Waals surface area contributed by atoms with E-state index in [2.05, 4.69) is 15.6 Å². The maximum absolute atomic E-state index is 11.9. The fourth-order valence-electron chi connectivity index (χ4n) is 2.00. The fraction of sp³-hybridized carbons (Fsp3) is 0.462. The molecular formula is C13H17N3O4. The van der Waals surface area contributed by atoms with E-state index in [9.17, 15) is 9.59 Å². The smallest absolute Gasteiger partial charge is 0.410 e. The zero-order chi connectivity index (χ0) is 14.4. The van der Waals surface area contributed by atoms with Crippen LogP contribution in [0.25, 0.3) is 0 Å². The molecule has 3 N–H and O–H groups in total. The van der Waals surface area contributed by atoms with Crippen molar-refractivity contribution in [3.63, 3.8) is 0 Å². The standard InChI is InChI=1S/C13H17N3O4/c17-12(15-7-9-3-5-20-6-4-9)10-1-2-11(14-8-10)16-13(18)19/h1-2,8-9H,3-7H2,(H,14,16)(H,15,17)(H,18,19). The number of aromatic nitrogens is 1. The van der Waals surface area contributed by atoms with Gasteiger partial charge in [-0.2, -0.15) is 0 Å². The van der Waals surface area contributed by atoms with Gasteiger partial charge in [0.25, 0.3) is 5.91 Å². The topological polar surface area (TPSA) is 101 Å². The summed E-state index contributed by atoms with van der Waals surface area (Å²) in [5.41, 5.74) is 0.410. The van der Waals surface area contributed by atoms with E-state index >= 15 is 0 Å². The molecule has 0 radical (unpaired) electrons. The summed E-state index contributed by atoms with van der Waals surface area (Å²) in [5.74, 6) is 0.443. The second-order valence-corrected chi connectivity index (χ2v) is 4.63. The van der Waals surface area contributed by atoms with Crippen LogP contribution in [0.2, 0.25) is 0 Å². The quantitative estimate of drug-likeness (QED) is 0.772. The number of nitrogens with one attached hydrogen (secondary N) is 2. The Hall–Kier alpha value is -2.15. The third-order valence-electron chi connectivity index (χ3n) is 3.15. The van der Waals surface area contributed by atoms with E-state index in [-0.39, 0.29) is 11.7 Å². The lowest BCUT2D eigenvalue weighted by molar-refractivity contribution is 0.0642. The summed E-state index contributed by atoms with van der Waals surface area (Å²) in [5, 5.41) is 13.5. The Morgan fingerprint density at radius 1 is 1.35 bits per heavy atom. The van der Waals surface area contributed by atoms with Crippen LogP contribution in [0.3, 0.4) is 0 Å². The van der Waals surface area contributed by atoms with Gasteiger partial charge in [-0.1, -0.05) is 0 Å². The molecule has 0 saturated carbocycles. The molecule has 1 aliphatic heterocycles. The van der Waals surface area contributed by atoms with Crippen LogP contribution in [0.5, 0.6) is 0 Å². The average Bonchev–Trinajstić information content (AvgIpc) is 2.46. The van der Waals surface area contributed by atoms with E-state index in [4.69, 9.17) is 9.84 Å². The highest BCUT2D eigenvalue weighted by molar-refractivity contribution is 5.94. The zero-order valence-electron chi connectivity index (χ0n) is 11.0. The van der Waals surface area contributed by atoms with Gasteiger partial charge in [0, 0.05) is 26.0 Å². The number of anilines is 1. The predicted octanol–water partition coefficient (Wildman–Crippen LogP) is 1.33. The number of rotatable bonds is 4. The summed E-state index contributed by atoms with van der Waals surface area (Å²) in [4.78, 5) is 26.2. The largest absolute Gasteiger partial charge is 0.465 e. The molecule has 7 heteroatoms. The van der Waals surface area contributed by atoms with Gasteiger partial charge in [-0.25, -0.2) is 9.78 Å². The SMILES string of the molecule is O=C(O)Nc1ccc(C(=O)NCC2CCOCC2)cn1. The van der Waals surface area contributed by atoms with Gasteiger partial charge in [-0.15, -0.1) is 0 Å². The highest BCUT2D eigenvalue weighted by Gasteiger charge is 2.15. The molecule has 1 aliphatic rings. The first-order valence-corrected chi connectivity index (χ1v) is 6.47. The normalized spacial score (nSPS) is 15.6. The maximum Gasteiger partial charge on any atom is 0.410 e. The number of carbonyl (C=O) groups is 2. The van der Waals surface area contributed by atoms with Gasteiger partial charge in [0.2, 0.25) is 0 Å². The lowest BCUT2D eigenvalue weighted by atomic mass is 10.0. The first kappa shape index (κ1) is 14.3. The van der Waals surface area contributed by atoms with Crippen LogP contribution in [0.15, 0.2) is 18.3 Å². The molecule has 1 fully saturated rings. The Morgan fingerprint density at radius 3 is 2.70 bits per heavy atom. The third-order valence-corrected chi connectivity index (χ3v) is 3.15. The second-order valence-electron chi connectivity index (χ2n) is 4.63. The lowest BCUT2D eigenvalue weighted by Gasteiger charge is -2.22. The molecule has 2 rings (SSSR count). The number of pyridine rings is 1. The fourth-order valence-corrected chi connectivity index (χ4v) is 2.00. The molecule has 0 atom stereocenters. The molecule has 0 aromatic carbocycles. The summed E-state index contributed by atoms with van der Waals surface area (Å²) in [7, 11) is 0. The van der Waals surface area contributed by atoms with Crippen molar-refractivity contribution in [3.8, 4) is 0 Å². The van der Waals surface area contributed by atoms with Crippen LogP contribution in [0.4, 0.5) is 10.6 Å². The number of hydrogen-bond acceptors (Lipinski definition) is 4. The molecular weight excluding hydrogens is 262 g/mol. The zero-order valence-corrected chi connectivity index (χ0v) is 11.0. The van der Waals surface area contributed by atoms with Gasteiger partial charge in [-0.3, -0.25) is 10.1 Å². The van der Waals surface area contributed by atoms with Crippen LogP contribution in [0, 0.1) is 5.92 Å². The molecule has 7 nitrogen and oxygen atoms in total. The molecule has 1 saturated heterocycles. The Balaban J connectivity index is 1.83. The van der Waals surface area contributed by atoms with Crippen LogP contribution in [-0.2, 0) is 4.74 Å². The van der Waals surface area contributed by atoms with Gasteiger partial charge in [0.05, 0.1) is 5.56 Å². The number of hydrogen-bond donors (Lipinski definition) is 3. The summed E-state index contributed by atoms with van der Waals surface area (Å²) < 4.78 is 5.26. The van der Waals surface area contributed by atoms with E-state index in [0.717, 1.165) is 26.1 Å². The van der Waals surface area contributed by atoms with Gasteiger partial charge in [0.15, 0.2) is 0 Å². The molecule has 108 valence electrons. The number of carbonyl (C=O) groups excluding carboxylic acids is 1. The molecule has 0 spiro atoms. The van der Waals surface area contributed by atoms with E-state index in [1.807, 2.05) is 0 Å². The minimum absolute atomic E-state index is 0.193. The minimum Gasteiger partial charge on any atom is -0.465 e. The molecule has 0 aliphatic carbocycles. The van der Waals surface area contributed by atoms with Crippen molar-refractivity contribution >= 4 is 17.8 Å². The molecule has 2 heterocycles. The third kappa shape index (κ3) is 4.20.